The summed E-state index contributed by atoms with van der Waals surface area (Å²) >= 11 is 5.89. The Morgan fingerprint density at radius 3 is 2.41 bits per heavy atom. The first-order chi connectivity index (χ1) is 12.9. The number of hydrogen-bond acceptors (Lipinski definition) is 2. The molecular formula is C22H25ClN2O2. The van der Waals surface area contributed by atoms with Crippen LogP contribution in [0.3, 0.4) is 0 Å². The fourth-order valence-corrected chi connectivity index (χ4v) is 3.53. The van der Waals surface area contributed by atoms with Crippen molar-refractivity contribution in [2.75, 3.05) is 6.54 Å². The van der Waals surface area contributed by atoms with Crippen LogP contribution in [0.2, 0.25) is 5.02 Å². The third-order valence-electron chi connectivity index (χ3n) is 4.97. The molecule has 0 saturated carbocycles. The molecule has 1 atom stereocenters. The van der Waals surface area contributed by atoms with Gasteiger partial charge in [0.05, 0.1) is 6.42 Å². The van der Waals surface area contributed by atoms with Crippen LogP contribution in [0.15, 0.2) is 48.5 Å². The Bertz CT molecular complexity index is 817. The molecule has 0 saturated heterocycles. The summed E-state index contributed by atoms with van der Waals surface area (Å²) in [6, 6.07) is 14.9. The summed E-state index contributed by atoms with van der Waals surface area (Å²) in [7, 11) is 0. The van der Waals surface area contributed by atoms with Crippen LogP contribution >= 0.6 is 11.6 Å². The number of nitrogens with zero attached hydrogens (tertiary/aromatic N) is 1. The number of amides is 2. The lowest BCUT2D eigenvalue weighted by Gasteiger charge is -2.33. The zero-order chi connectivity index (χ0) is 19.4. The SMILES string of the molecule is CC(C)[C@H](NC(=O)Cc1ccc(Cl)cc1)C(=O)N1CCc2ccccc2C1. The minimum atomic E-state index is -0.518. The highest BCUT2D eigenvalue weighted by Gasteiger charge is 2.30. The Morgan fingerprint density at radius 1 is 1.07 bits per heavy atom. The molecule has 2 aromatic carbocycles. The van der Waals surface area contributed by atoms with Gasteiger partial charge in [0, 0.05) is 18.1 Å². The van der Waals surface area contributed by atoms with Crippen LogP contribution in [-0.4, -0.2) is 29.3 Å². The quantitative estimate of drug-likeness (QED) is 0.856. The van der Waals surface area contributed by atoms with Gasteiger partial charge in [0.1, 0.15) is 6.04 Å². The molecule has 0 fully saturated rings. The first-order valence-corrected chi connectivity index (χ1v) is 9.71. The molecule has 5 heteroatoms. The molecular weight excluding hydrogens is 360 g/mol. The van der Waals surface area contributed by atoms with Crippen LogP contribution in [0.1, 0.15) is 30.5 Å². The highest BCUT2D eigenvalue weighted by molar-refractivity contribution is 6.30. The van der Waals surface area contributed by atoms with Gasteiger partial charge in [-0.25, -0.2) is 0 Å². The largest absolute Gasteiger partial charge is 0.344 e. The summed E-state index contributed by atoms with van der Waals surface area (Å²) in [5, 5.41) is 3.58. The van der Waals surface area contributed by atoms with Gasteiger partial charge in [-0.2, -0.15) is 0 Å². The molecule has 1 heterocycles. The molecule has 0 spiro atoms. The number of carbonyl (C=O) groups is 2. The van der Waals surface area contributed by atoms with Crippen LogP contribution in [0.4, 0.5) is 0 Å². The van der Waals surface area contributed by atoms with Gasteiger partial charge in [0.2, 0.25) is 11.8 Å². The minimum Gasteiger partial charge on any atom is -0.344 e. The number of carbonyl (C=O) groups excluding carboxylic acids is 2. The molecule has 27 heavy (non-hydrogen) atoms. The van der Waals surface area contributed by atoms with Gasteiger partial charge in [-0.1, -0.05) is 61.8 Å². The van der Waals surface area contributed by atoms with Crippen molar-refractivity contribution in [1.29, 1.82) is 0 Å². The first kappa shape index (κ1) is 19.4. The number of halogens is 1. The van der Waals surface area contributed by atoms with Crippen LogP contribution in [0, 0.1) is 5.92 Å². The van der Waals surface area contributed by atoms with Crippen LogP contribution in [0.5, 0.6) is 0 Å². The van der Waals surface area contributed by atoms with Crippen molar-refractivity contribution in [2.24, 2.45) is 5.92 Å². The highest BCUT2D eigenvalue weighted by Crippen LogP contribution is 2.20. The highest BCUT2D eigenvalue weighted by atomic mass is 35.5. The zero-order valence-electron chi connectivity index (χ0n) is 15.7. The summed E-state index contributed by atoms with van der Waals surface area (Å²) in [6.07, 6.45) is 1.09. The average molecular weight is 385 g/mol. The third-order valence-corrected chi connectivity index (χ3v) is 5.22. The maximum Gasteiger partial charge on any atom is 0.245 e. The zero-order valence-corrected chi connectivity index (χ0v) is 16.5. The van der Waals surface area contributed by atoms with Crippen molar-refractivity contribution < 1.29 is 9.59 Å². The van der Waals surface area contributed by atoms with Crippen molar-refractivity contribution in [3.63, 3.8) is 0 Å². The van der Waals surface area contributed by atoms with E-state index in [-0.39, 0.29) is 24.2 Å². The fourth-order valence-electron chi connectivity index (χ4n) is 3.41. The number of hydrogen-bond donors (Lipinski definition) is 1. The first-order valence-electron chi connectivity index (χ1n) is 9.33. The second-order valence-electron chi connectivity index (χ2n) is 7.37. The second-order valence-corrected chi connectivity index (χ2v) is 7.81. The molecule has 1 N–H and O–H groups in total. The number of nitrogens with one attached hydrogen (secondary N) is 1. The monoisotopic (exact) mass is 384 g/mol. The Labute approximate surface area is 165 Å². The lowest BCUT2D eigenvalue weighted by atomic mass is 9.97. The number of rotatable bonds is 5. The predicted molar refractivity (Wildman–Crippen MR) is 107 cm³/mol. The van der Waals surface area contributed by atoms with E-state index in [1.54, 1.807) is 12.1 Å². The molecule has 4 nitrogen and oxygen atoms in total. The predicted octanol–water partition coefficient (Wildman–Crippen LogP) is 3.61. The Hall–Kier alpha value is -2.33. The van der Waals surface area contributed by atoms with Crippen LogP contribution in [-0.2, 0) is 29.0 Å². The smallest absolute Gasteiger partial charge is 0.245 e. The van der Waals surface area contributed by atoms with E-state index >= 15 is 0 Å². The average Bonchev–Trinajstić information content (AvgIpc) is 2.67. The van der Waals surface area contributed by atoms with Crippen molar-refractivity contribution in [3.8, 4) is 0 Å². The van der Waals surface area contributed by atoms with Gasteiger partial charge < -0.3 is 10.2 Å². The van der Waals surface area contributed by atoms with Gasteiger partial charge in [-0.15, -0.1) is 0 Å². The molecule has 0 radical (unpaired) electrons. The molecule has 142 valence electrons. The molecule has 0 aromatic heterocycles. The maximum absolute atomic E-state index is 13.1. The number of benzene rings is 2. The van der Waals surface area contributed by atoms with Gasteiger partial charge >= 0.3 is 0 Å². The molecule has 1 aliphatic heterocycles. The fraction of sp³-hybridized carbons (Fsp3) is 0.364. The Balaban J connectivity index is 1.65. The van der Waals surface area contributed by atoms with Crippen molar-refractivity contribution in [2.45, 2.75) is 39.3 Å². The summed E-state index contributed by atoms with van der Waals surface area (Å²) in [5.74, 6) is -0.144. The summed E-state index contributed by atoms with van der Waals surface area (Å²) < 4.78 is 0. The van der Waals surface area contributed by atoms with E-state index in [4.69, 9.17) is 11.6 Å². The van der Waals surface area contributed by atoms with Gasteiger partial charge in [0.15, 0.2) is 0 Å². The minimum absolute atomic E-state index is 0.0102. The topological polar surface area (TPSA) is 49.4 Å². The van der Waals surface area contributed by atoms with Gasteiger partial charge in [-0.05, 0) is 41.2 Å². The lowest BCUT2D eigenvalue weighted by Crippen LogP contribution is -2.52. The van der Waals surface area contributed by atoms with E-state index in [9.17, 15) is 9.59 Å². The van der Waals surface area contributed by atoms with E-state index < -0.39 is 6.04 Å². The van der Waals surface area contributed by atoms with E-state index in [0.717, 1.165) is 12.0 Å². The molecule has 2 aromatic rings. The van der Waals surface area contributed by atoms with Gasteiger partial charge in [-0.3, -0.25) is 9.59 Å². The van der Waals surface area contributed by atoms with E-state index in [0.29, 0.717) is 18.1 Å². The summed E-state index contributed by atoms with van der Waals surface area (Å²) in [6.45, 7) is 5.21. The van der Waals surface area contributed by atoms with E-state index in [1.807, 2.05) is 43.0 Å². The lowest BCUT2D eigenvalue weighted by molar-refractivity contribution is -0.138. The molecule has 2 amide bonds. The van der Waals surface area contributed by atoms with E-state index in [1.165, 1.54) is 11.1 Å². The van der Waals surface area contributed by atoms with Crippen LogP contribution in [0.25, 0.3) is 0 Å². The molecule has 0 unspecified atom stereocenters. The van der Waals surface area contributed by atoms with Crippen molar-refractivity contribution in [1.82, 2.24) is 10.2 Å². The van der Waals surface area contributed by atoms with Crippen LogP contribution < -0.4 is 5.32 Å². The summed E-state index contributed by atoms with van der Waals surface area (Å²) in [5.41, 5.74) is 3.36. The van der Waals surface area contributed by atoms with E-state index in [2.05, 4.69) is 17.4 Å². The normalized spacial score (nSPS) is 14.6. The van der Waals surface area contributed by atoms with Crippen molar-refractivity contribution >= 4 is 23.4 Å². The standard InChI is InChI=1S/C22H25ClN2O2/c1-15(2)21(24-20(26)13-16-7-9-19(23)10-8-16)22(27)25-12-11-17-5-3-4-6-18(17)14-25/h3-10,15,21H,11-14H2,1-2H3,(H,24,26)/t21-/m0/s1. The van der Waals surface area contributed by atoms with Crippen molar-refractivity contribution in [3.05, 3.63) is 70.2 Å². The molecule has 1 aliphatic rings. The maximum atomic E-state index is 13.1. The third kappa shape index (κ3) is 4.89. The van der Waals surface area contributed by atoms with Gasteiger partial charge in [0.25, 0.3) is 0 Å². The Morgan fingerprint density at radius 2 is 1.74 bits per heavy atom. The number of fused-ring (bicyclic) bond motifs is 1. The molecule has 3 rings (SSSR count). The molecule has 0 aliphatic carbocycles. The second kappa shape index (κ2) is 8.57. The summed E-state index contributed by atoms with van der Waals surface area (Å²) in [4.78, 5) is 27.4. The Kier molecular flexibility index (Phi) is 6.17. The molecule has 0 bridgehead atoms.